The zero-order valence-electron chi connectivity index (χ0n) is 14.3. The Balaban J connectivity index is 2.37. The van der Waals surface area contributed by atoms with Crippen molar-refractivity contribution in [3.05, 3.63) is 22.7 Å². The largest absolute Gasteiger partial charge is 0.496 e. The topological polar surface area (TPSA) is 54.0 Å². The summed E-state index contributed by atoms with van der Waals surface area (Å²) in [6.07, 6.45) is 0.830. The summed E-state index contributed by atoms with van der Waals surface area (Å²) in [5, 5.41) is 7.43. The van der Waals surface area contributed by atoms with Gasteiger partial charge in [0.25, 0.3) is 5.91 Å². The summed E-state index contributed by atoms with van der Waals surface area (Å²) in [6.45, 7) is 5.24. The Kier molecular flexibility index (Phi) is 6.12. The van der Waals surface area contributed by atoms with E-state index in [4.69, 9.17) is 33.3 Å². The highest BCUT2D eigenvalue weighted by Crippen LogP contribution is 2.37. The summed E-state index contributed by atoms with van der Waals surface area (Å²) < 4.78 is 10.7. The number of rotatable bonds is 4. The van der Waals surface area contributed by atoms with E-state index >= 15 is 0 Å². The summed E-state index contributed by atoms with van der Waals surface area (Å²) in [5.41, 5.74) is 0.298. The molecule has 1 N–H and O–H groups in total. The molecule has 0 bridgehead atoms. The summed E-state index contributed by atoms with van der Waals surface area (Å²) in [6, 6.07) is 3.48. The molecule has 1 fully saturated rings. The van der Waals surface area contributed by atoms with Crippen LogP contribution in [0.15, 0.2) is 12.1 Å². The maximum absolute atomic E-state index is 13.1. The second-order valence-electron chi connectivity index (χ2n) is 5.67. The van der Waals surface area contributed by atoms with Gasteiger partial charge in [0, 0.05) is 19.1 Å². The number of nitrogens with zero attached hydrogens (tertiary/aromatic N) is 2. The number of methoxy groups -OCH3 is 2. The highest BCUT2D eigenvalue weighted by molar-refractivity contribution is 7.80. The molecule has 0 aliphatic carbocycles. The van der Waals surface area contributed by atoms with E-state index in [1.165, 1.54) is 14.2 Å². The molecule has 1 heterocycles. The molecule has 24 heavy (non-hydrogen) atoms. The molecule has 8 heteroatoms. The molecule has 1 aromatic carbocycles. The van der Waals surface area contributed by atoms with Crippen LogP contribution in [0.1, 0.15) is 30.6 Å². The molecule has 0 saturated carbocycles. The van der Waals surface area contributed by atoms with Crippen molar-refractivity contribution in [2.45, 2.75) is 26.3 Å². The average molecular weight is 372 g/mol. The first-order valence-corrected chi connectivity index (χ1v) is 8.49. The second-order valence-corrected chi connectivity index (χ2v) is 6.46. The lowest BCUT2D eigenvalue weighted by Gasteiger charge is -2.31. The fourth-order valence-electron chi connectivity index (χ4n) is 2.60. The minimum atomic E-state index is -0.253. The summed E-state index contributed by atoms with van der Waals surface area (Å²) >= 11 is 11.6. The third-order valence-corrected chi connectivity index (χ3v) is 4.25. The van der Waals surface area contributed by atoms with Crippen LogP contribution in [-0.2, 0) is 0 Å². The van der Waals surface area contributed by atoms with Gasteiger partial charge in [0.1, 0.15) is 11.3 Å². The van der Waals surface area contributed by atoms with Crippen LogP contribution in [0, 0.1) is 0 Å². The smallest absolute Gasteiger partial charge is 0.280 e. The highest BCUT2D eigenvalue weighted by atomic mass is 35.5. The number of hydrogen-bond donors (Lipinski definition) is 1. The van der Waals surface area contributed by atoms with E-state index in [2.05, 4.69) is 5.32 Å². The van der Waals surface area contributed by atoms with E-state index in [0.29, 0.717) is 40.3 Å². The number of ether oxygens (including phenoxy) is 2. The number of carbonyl (C=O) groups is 1. The lowest BCUT2D eigenvalue weighted by molar-refractivity contribution is 0.0483. The Labute approximate surface area is 152 Å². The molecule has 1 saturated heterocycles. The Bertz CT molecular complexity index is 639. The van der Waals surface area contributed by atoms with Crippen LogP contribution in [0.25, 0.3) is 0 Å². The van der Waals surface area contributed by atoms with Crippen molar-refractivity contribution < 1.29 is 14.3 Å². The zero-order valence-corrected chi connectivity index (χ0v) is 15.8. The van der Waals surface area contributed by atoms with Gasteiger partial charge < -0.3 is 14.8 Å². The molecule has 0 radical (unpaired) electrons. The number of benzene rings is 1. The van der Waals surface area contributed by atoms with E-state index in [1.807, 2.05) is 13.8 Å². The Hall–Kier alpha value is -1.73. The zero-order chi connectivity index (χ0) is 17.9. The molecule has 1 aromatic rings. The predicted molar refractivity (Wildman–Crippen MR) is 97.8 cm³/mol. The standard InChI is InChI=1S/C16H22ClN3O3S/c1-10(2)18-16(24)20-9-5-8-19(20)15(21)13-12(22-3)7-6-11(17)14(13)23-4/h6-7,10H,5,8-9H2,1-4H3,(H,18,24). The monoisotopic (exact) mass is 371 g/mol. The molecule has 6 nitrogen and oxygen atoms in total. The molecule has 0 atom stereocenters. The van der Waals surface area contributed by atoms with Gasteiger partial charge >= 0.3 is 0 Å². The van der Waals surface area contributed by atoms with Crippen LogP contribution in [0.5, 0.6) is 11.5 Å². The van der Waals surface area contributed by atoms with E-state index in [1.54, 1.807) is 22.2 Å². The van der Waals surface area contributed by atoms with Gasteiger partial charge in [-0.3, -0.25) is 9.80 Å². The van der Waals surface area contributed by atoms with Crippen molar-refractivity contribution in [2.24, 2.45) is 0 Å². The summed E-state index contributed by atoms with van der Waals surface area (Å²) in [4.78, 5) is 13.1. The van der Waals surface area contributed by atoms with Crippen molar-refractivity contribution >= 4 is 34.8 Å². The van der Waals surface area contributed by atoms with E-state index in [9.17, 15) is 4.79 Å². The molecule has 1 amide bonds. The molecular formula is C16H22ClN3O3S. The fourth-order valence-corrected chi connectivity index (χ4v) is 3.26. The van der Waals surface area contributed by atoms with Crippen LogP contribution in [0.2, 0.25) is 5.02 Å². The van der Waals surface area contributed by atoms with Gasteiger partial charge in [-0.15, -0.1) is 0 Å². The normalized spacial score (nSPS) is 14.1. The van der Waals surface area contributed by atoms with Gasteiger partial charge in [0.2, 0.25) is 0 Å². The lowest BCUT2D eigenvalue weighted by atomic mass is 10.1. The van der Waals surface area contributed by atoms with Gasteiger partial charge in [0.15, 0.2) is 10.9 Å². The quantitative estimate of drug-likeness (QED) is 0.821. The third-order valence-electron chi connectivity index (χ3n) is 3.62. The van der Waals surface area contributed by atoms with Crippen LogP contribution >= 0.6 is 23.8 Å². The maximum atomic E-state index is 13.1. The first-order valence-electron chi connectivity index (χ1n) is 7.71. The van der Waals surface area contributed by atoms with Gasteiger partial charge in [0.05, 0.1) is 19.2 Å². The number of nitrogens with one attached hydrogen (secondary N) is 1. The summed E-state index contributed by atoms with van der Waals surface area (Å²) in [5.74, 6) is 0.461. The molecule has 1 aliphatic heterocycles. The minimum Gasteiger partial charge on any atom is -0.496 e. The predicted octanol–water partition coefficient (Wildman–Crippen LogP) is 2.70. The van der Waals surface area contributed by atoms with Crippen molar-refractivity contribution in [1.29, 1.82) is 0 Å². The molecule has 0 spiro atoms. The first-order chi connectivity index (χ1) is 11.4. The minimum absolute atomic E-state index is 0.185. The molecule has 132 valence electrons. The SMILES string of the molecule is COc1ccc(Cl)c(OC)c1C(=O)N1CCCN1C(=S)NC(C)C. The van der Waals surface area contributed by atoms with Crippen molar-refractivity contribution in [2.75, 3.05) is 27.3 Å². The van der Waals surface area contributed by atoms with E-state index < -0.39 is 0 Å². The Morgan fingerprint density at radius 3 is 2.50 bits per heavy atom. The van der Waals surface area contributed by atoms with Crippen LogP contribution < -0.4 is 14.8 Å². The number of halogens is 1. The van der Waals surface area contributed by atoms with Crippen LogP contribution in [-0.4, -0.2) is 54.4 Å². The molecule has 0 aromatic heterocycles. The second kappa shape index (κ2) is 7.90. The third kappa shape index (κ3) is 3.67. The molecule has 0 unspecified atom stereocenters. The number of carbonyl (C=O) groups excluding carboxylic acids is 1. The fraction of sp³-hybridized carbons (Fsp3) is 0.500. The number of thiocarbonyl (C=S) groups is 1. The van der Waals surface area contributed by atoms with E-state index in [-0.39, 0.29) is 11.9 Å². The Morgan fingerprint density at radius 2 is 1.92 bits per heavy atom. The van der Waals surface area contributed by atoms with Gasteiger partial charge in [-0.25, -0.2) is 5.01 Å². The summed E-state index contributed by atoms with van der Waals surface area (Å²) in [7, 11) is 2.98. The van der Waals surface area contributed by atoms with Gasteiger partial charge in [-0.05, 0) is 44.6 Å². The van der Waals surface area contributed by atoms with Crippen molar-refractivity contribution in [3.8, 4) is 11.5 Å². The maximum Gasteiger partial charge on any atom is 0.280 e. The number of amides is 1. The highest BCUT2D eigenvalue weighted by Gasteiger charge is 2.33. The first kappa shape index (κ1) is 18.6. The number of hydrogen-bond acceptors (Lipinski definition) is 4. The van der Waals surface area contributed by atoms with Crippen LogP contribution in [0.3, 0.4) is 0 Å². The van der Waals surface area contributed by atoms with Gasteiger partial charge in [-0.1, -0.05) is 11.6 Å². The average Bonchev–Trinajstić information content (AvgIpc) is 3.02. The molecular weight excluding hydrogens is 350 g/mol. The van der Waals surface area contributed by atoms with Crippen molar-refractivity contribution in [3.63, 3.8) is 0 Å². The number of hydrazine groups is 1. The van der Waals surface area contributed by atoms with Gasteiger partial charge in [-0.2, -0.15) is 0 Å². The molecule has 1 aliphatic rings. The van der Waals surface area contributed by atoms with Crippen molar-refractivity contribution in [1.82, 2.24) is 15.3 Å². The lowest BCUT2D eigenvalue weighted by Crippen LogP contribution is -2.50. The van der Waals surface area contributed by atoms with Crippen LogP contribution in [0.4, 0.5) is 0 Å². The Morgan fingerprint density at radius 1 is 1.25 bits per heavy atom. The molecule has 2 rings (SSSR count). The van der Waals surface area contributed by atoms with E-state index in [0.717, 1.165) is 6.42 Å².